The topological polar surface area (TPSA) is 102 Å². The van der Waals surface area contributed by atoms with E-state index in [0.29, 0.717) is 0 Å². The van der Waals surface area contributed by atoms with Crippen LogP contribution in [0.15, 0.2) is 40.6 Å². The maximum atomic E-state index is 8.77. The van der Waals surface area contributed by atoms with E-state index in [1.165, 1.54) is 11.8 Å². The van der Waals surface area contributed by atoms with Gasteiger partial charge >= 0.3 is 0 Å². The van der Waals surface area contributed by atoms with E-state index in [0.717, 1.165) is 23.0 Å². The lowest BCUT2D eigenvalue weighted by Gasteiger charge is -2.22. The van der Waals surface area contributed by atoms with E-state index in [4.69, 9.17) is 10.9 Å². The molecule has 0 bridgehead atoms. The zero-order valence-electron chi connectivity index (χ0n) is 12.0. The van der Waals surface area contributed by atoms with Gasteiger partial charge in [-0.2, -0.15) is 4.68 Å². The van der Waals surface area contributed by atoms with Crippen molar-refractivity contribution in [2.45, 2.75) is 25.4 Å². The highest BCUT2D eigenvalue weighted by Gasteiger charge is 2.23. The Balaban J connectivity index is 2.01. The van der Waals surface area contributed by atoms with Crippen molar-refractivity contribution in [2.75, 3.05) is 5.75 Å². The minimum atomic E-state index is -0.368. The lowest BCUT2D eigenvalue weighted by molar-refractivity contribution is 0.307. The van der Waals surface area contributed by atoms with Gasteiger partial charge in [0.15, 0.2) is 0 Å². The zero-order chi connectivity index (χ0) is 15.3. The average molecular weight is 306 g/mol. The Kier molecular flexibility index (Phi) is 4.79. The number of hydrogen-bond acceptors (Lipinski definition) is 6. The molecule has 8 heteroatoms. The van der Waals surface area contributed by atoms with Crippen molar-refractivity contribution in [3.05, 3.63) is 30.3 Å². The van der Waals surface area contributed by atoms with Crippen LogP contribution in [0.2, 0.25) is 0 Å². The molecule has 1 aromatic heterocycles. The molecule has 1 aromatic carbocycles. The normalized spacial score (nSPS) is 12.6. The first-order valence-electron chi connectivity index (χ1n) is 6.49. The van der Waals surface area contributed by atoms with Crippen molar-refractivity contribution in [3.8, 4) is 5.69 Å². The first kappa shape index (κ1) is 15.3. The predicted molar refractivity (Wildman–Crippen MR) is 81.7 cm³/mol. The summed E-state index contributed by atoms with van der Waals surface area (Å²) in [7, 11) is 0. The molecule has 0 aliphatic carbocycles. The summed E-state index contributed by atoms with van der Waals surface area (Å²) in [6.45, 7) is 3.87. The summed E-state index contributed by atoms with van der Waals surface area (Å²) in [6, 6.07) is 9.71. The second-order valence-electron chi connectivity index (χ2n) is 5.18. The fourth-order valence-corrected chi connectivity index (χ4v) is 2.81. The number of thioether (sulfide) groups is 1. The SMILES string of the molecule is CC(C)(CCSc1nnnn1-c1ccccc1)C(N)=NO. The third kappa shape index (κ3) is 3.72. The van der Waals surface area contributed by atoms with Gasteiger partial charge in [0.25, 0.3) is 0 Å². The predicted octanol–water partition coefficient (Wildman–Crippen LogP) is 1.92. The maximum Gasteiger partial charge on any atom is 0.214 e. The third-order valence-electron chi connectivity index (χ3n) is 3.20. The molecule has 21 heavy (non-hydrogen) atoms. The highest BCUT2D eigenvalue weighted by molar-refractivity contribution is 7.99. The summed E-state index contributed by atoms with van der Waals surface area (Å²) in [5, 5.41) is 24.3. The molecule has 1 heterocycles. The van der Waals surface area contributed by atoms with Gasteiger partial charge in [-0.15, -0.1) is 5.10 Å². The summed E-state index contributed by atoms with van der Waals surface area (Å²) in [6.07, 6.45) is 0.745. The lowest BCUT2D eigenvalue weighted by Crippen LogP contribution is -2.32. The van der Waals surface area contributed by atoms with Gasteiger partial charge in [-0.1, -0.05) is 49.0 Å². The molecular weight excluding hydrogens is 288 g/mol. The number of para-hydroxylation sites is 1. The Morgan fingerprint density at radius 2 is 2.10 bits per heavy atom. The molecule has 0 spiro atoms. The molecule has 0 aliphatic heterocycles. The van der Waals surface area contributed by atoms with Crippen LogP contribution in [0.1, 0.15) is 20.3 Å². The first-order valence-corrected chi connectivity index (χ1v) is 7.48. The van der Waals surface area contributed by atoms with E-state index in [9.17, 15) is 0 Å². The minimum absolute atomic E-state index is 0.228. The molecule has 0 aliphatic rings. The largest absolute Gasteiger partial charge is 0.409 e. The molecule has 112 valence electrons. The van der Waals surface area contributed by atoms with Gasteiger partial charge in [-0.3, -0.25) is 0 Å². The van der Waals surface area contributed by atoms with E-state index in [2.05, 4.69) is 20.7 Å². The molecule has 0 amide bonds. The van der Waals surface area contributed by atoms with E-state index >= 15 is 0 Å². The fraction of sp³-hybridized carbons (Fsp3) is 0.385. The molecule has 2 aromatic rings. The number of aromatic nitrogens is 4. The van der Waals surface area contributed by atoms with Crippen LogP contribution >= 0.6 is 11.8 Å². The smallest absolute Gasteiger partial charge is 0.214 e. The Morgan fingerprint density at radius 3 is 2.76 bits per heavy atom. The molecule has 0 radical (unpaired) electrons. The van der Waals surface area contributed by atoms with Gasteiger partial charge in [-0.05, 0) is 29.0 Å². The van der Waals surface area contributed by atoms with Gasteiger partial charge in [0.2, 0.25) is 5.16 Å². The number of tetrazole rings is 1. The Labute approximate surface area is 127 Å². The van der Waals surface area contributed by atoms with Crippen molar-refractivity contribution in [2.24, 2.45) is 16.3 Å². The standard InChI is InChI=1S/C13H18N6OS/c1-13(2,11(14)16-20)8-9-21-12-15-17-18-19(12)10-6-4-3-5-7-10/h3-7,20H,8-9H2,1-2H3,(H2,14,16). The molecule has 3 N–H and O–H groups in total. The van der Waals surface area contributed by atoms with Crippen molar-refractivity contribution in [1.82, 2.24) is 20.2 Å². The molecular formula is C13H18N6OS. The fourth-order valence-electron chi connectivity index (χ4n) is 1.66. The van der Waals surface area contributed by atoms with Gasteiger partial charge in [-0.25, -0.2) is 0 Å². The van der Waals surface area contributed by atoms with Crippen LogP contribution in [-0.2, 0) is 0 Å². The number of benzene rings is 1. The molecule has 0 fully saturated rings. The summed E-state index contributed by atoms with van der Waals surface area (Å²) in [5.41, 5.74) is 6.23. The van der Waals surface area contributed by atoms with Crippen LogP contribution < -0.4 is 5.73 Å². The quantitative estimate of drug-likeness (QED) is 0.278. The van der Waals surface area contributed by atoms with E-state index < -0.39 is 0 Å². The number of hydrogen-bond donors (Lipinski definition) is 2. The summed E-state index contributed by atoms with van der Waals surface area (Å²) >= 11 is 1.54. The van der Waals surface area contributed by atoms with E-state index in [-0.39, 0.29) is 11.3 Å². The minimum Gasteiger partial charge on any atom is -0.409 e. The highest BCUT2D eigenvalue weighted by Crippen LogP contribution is 2.26. The lowest BCUT2D eigenvalue weighted by atomic mass is 9.89. The Bertz CT molecular complexity index is 610. The monoisotopic (exact) mass is 306 g/mol. The summed E-state index contributed by atoms with van der Waals surface area (Å²) in [4.78, 5) is 0. The Morgan fingerprint density at radius 1 is 1.38 bits per heavy atom. The number of rotatable bonds is 6. The highest BCUT2D eigenvalue weighted by atomic mass is 32.2. The van der Waals surface area contributed by atoms with E-state index in [1.807, 2.05) is 44.2 Å². The van der Waals surface area contributed by atoms with Gasteiger partial charge < -0.3 is 10.9 Å². The maximum absolute atomic E-state index is 8.77. The number of oxime groups is 1. The second kappa shape index (κ2) is 6.57. The van der Waals surface area contributed by atoms with Gasteiger partial charge in [0.05, 0.1) is 5.69 Å². The first-order chi connectivity index (χ1) is 10.0. The molecule has 0 unspecified atom stereocenters. The van der Waals surface area contributed by atoms with Crippen LogP contribution in [-0.4, -0.2) is 37.0 Å². The van der Waals surface area contributed by atoms with Gasteiger partial charge in [0, 0.05) is 11.2 Å². The van der Waals surface area contributed by atoms with Crippen molar-refractivity contribution < 1.29 is 5.21 Å². The third-order valence-corrected chi connectivity index (χ3v) is 4.12. The van der Waals surface area contributed by atoms with Crippen LogP contribution in [0, 0.1) is 5.41 Å². The molecule has 0 atom stereocenters. The zero-order valence-corrected chi connectivity index (χ0v) is 12.8. The van der Waals surface area contributed by atoms with Crippen molar-refractivity contribution in [1.29, 1.82) is 0 Å². The van der Waals surface area contributed by atoms with Gasteiger partial charge in [0.1, 0.15) is 5.84 Å². The average Bonchev–Trinajstić information content (AvgIpc) is 2.95. The Hall–Kier alpha value is -2.09. The molecule has 7 nitrogen and oxygen atoms in total. The van der Waals surface area contributed by atoms with Crippen LogP contribution in [0.25, 0.3) is 5.69 Å². The van der Waals surface area contributed by atoms with E-state index in [1.54, 1.807) is 4.68 Å². The molecule has 0 saturated carbocycles. The molecule has 2 rings (SSSR count). The van der Waals surface area contributed by atoms with Crippen LogP contribution in [0.3, 0.4) is 0 Å². The number of nitrogens with zero attached hydrogens (tertiary/aromatic N) is 5. The summed E-state index contributed by atoms with van der Waals surface area (Å²) < 4.78 is 1.70. The number of amidine groups is 1. The second-order valence-corrected chi connectivity index (χ2v) is 6.24. The summed E-state index contributed by atoms with van der Waals surface area (Å²) in [5.74, 6) is 0.988. The van der Waals surface area contributed by atoms with Crippen molar-refractivity contribution >= 4 is 17.6 Å². The van der Waals surface area contributed by atoms with Crippen LogP contribution in [0.5, 0.6) is 0 Å². The van der Waals surface area contributed by atoms with Crippen LogP contribution in [0.4, 0.5) is 0 Å². The molecule has 0 saturated heterocycles. The number of nitrogens with two attached hydrogens (primary N) is 1. The van der Waals surface area contributed by atoms with Crippen molar-refractivity contribution in [3.63, 3.8) is 0 Å².